The van der Waals surface area contributed by atoms with Crippen molar-refractivity contribution in [3.8, 4) is 17.2 Å². The molecule has 0 atom stereocenters. The van der Waals surface area contributed by atoms with E-state index >= 15 is 0 Å². The van der Waals surface area contributed by atoms with Crippen LogP contribution in [-0.4, -0.2) is 40.8 Å². The lowest BCUT2D eigenvalue weighted by Crippen LogP contribution is -2.24. The van der Waals surface area contributed by atoms with Crippen molar-refractivity contribution in [2.24, 2.45) is 0 Å². The zero-order valence-electron chi connectivity index (χ0n) is 14.8. The molecule has 0 fully saturated rings. The molecule has 0 saturated carbocycles. The molecule has 0 aliphatic rings. The average Bonchev–Trinajstić information content (AvgIpc) is 2.65. The highest BCUT2D eigenvalue weighted by molar-refractivity contribution is 7.89. The molecular formula is C17H18FNO7S. The van der Waals surface area contributed by atoms with Gasteiger partial charge >= 0.3 is 5.97 Å². The number of hydrogen-bond donors (Lipinski definition) is 2. The summed E-state index contributed by atoms with van der Waals surface area (Å²) in [6.07, 6.45) is 0. The van der Waals surface area contributed by atoms with Gasteiger partial charge in [0.25, 0.3) is 0 Å². The van der Waals surface area contributed by atoms with Crippen LogP contribution in [0.1, 0.15) is 15.9 Å². The third kappa shape index (κ3) is 4.47. The van der Waals surface area contributed by atoms with Crippen LogP contribution in [0.5, 0.6) is 17.2 Å². The van der Waals surface area contributed by atoms with E-state index in [1.54, 1.807) is 0 Å². The minimum absolute atomic E-state index is 0.213. The maximum Gasteiger partial charge on any atom is 0.335 e. The van der Waals surface area contributed by atoms with Gasteiger partial charge in [0.15, 0.2) is 11.5 Å². The van der Waals surface area contributed by atoms with E-state index in [0.717, 1.165) is 18.2 Å². The molecule has 146 valence electrons. The van der Waals surface area contributed by atoms with Gasteiger partial charge in [-0.2, -0.15) is 0 Å². The van der Waals surface area contributed by atoms with Crippen LogP contribution in [0.2, 0.25) is 0 Å². The first-order chi connectivity index (χ1) is 12.7. The highest BCUT2D eigenvalue weighted by Crippen LogP contribution is 2.38. The monoisotopic (exact) mass is 399 g/mol. The Morgan fingerprint density at radius 1 is 1.07 bits per heavy atom. The zero-order valence-corrected chi connectivity index (χ0v) is 15.6. The Hall–Kier alpha value is -2.85. The molecule has 0 radical (unpaired) electrons. The van der Waals surface area contributed by atoms with Gasteiger partial charge in [-0.05, 0) is 35.9 Å². The van der Waals surface area contributed by atoms with E-state index in [2.05, 4.69) is 4.72 Å². The second-order valence-corrected chi connectivity index (χ2v) is 7.04. The van der Waals surface area contributed by atoms with Crippen LogP contribution in [0.15, 0.2) is 35.2 Å². The van der Waals surface area contributed by atoms with Gasteiger partial charge in [0.2, 0.25) is 15.8 Å². The van der Waals surface area contributed by atoms with Gasteiger partial charge < -0.3 is 19.3 Å². The maximum atomic E-state index is 13.9. The predicted molar refractivity (Wildman–Crippen MR) is 93.5 cm³/mol. The van der Waals surface area contributed by atoms with Crippen LogP contribution < -0.4 is 18.9 Å². The average molecular weight is 399 g/mol. The Morgan fingerprint density at radius 3 is 2.15 bits per heavy atom. The fourth-order valence-corrected chi connectivity index (χ4v) is 3.45. The first kappa shape index (κ1) is 20.5. The third-order valence-electron chi connectivity index (χ3n) is 3.66. The fourth-order valence-electron chi connectivity index (χ4n) is 2.34. The lowest BCUT2D eigenvalue weighted by molar-refractivity contribution is 0.0696. The summed E-state index contributed by atoms with van der Waals surface area (Å²) >= 11 is 0. The molecule has 2 aromatic rings. The van der Waals surface area contributed by atoms with E-state index in [9.17, 15) is 17.6 Å². The second kappa shape index (κ2) is 8.23. The molecule has 2 aromatic carbocycles. The van der Waals surface area contributed by atoms with Gasteiger partial charge in [-0.3, -0.25) is 0 Å². The fraction of sp³-hybridized carbons (Fsp3) is 0.235. The molecule has 0 spiro atoms. The Bertz CT molecular complexity index is 935. The molecule has 0 unspecified atom stereocenters. The number of hydrogen-bond acceptors (Lipinski definition) is 6. The number of halogens is 1. The van der Waals surface area contributed by atoms with Crippen molar-refractivity contribution >= 4 is 16.0 Å². The van der Waals surface area contributed by atoms with Crippen LogP contribution in [-0.2, 0) is 16.6 Å². The third-order valence-corrected chi connectivity index (χ3v) is 5.07. The van der Waals surface area contributed by atoms with Crippen LogP contribution in [0.25, 0.3) is 0 Å². The lowest BCUT2D eigenvalue weighted by Gasteiger charge is -2.14. The molecule has 2 N–H and O–H groups in total. The minimum atomic E-state index is -4.30. The Kier molecular flexibility index (Phi) is 6.24. The lowest BCUT2D eigenvalue weighted by atomic mass is 10.2. The molecule has 0 bridgehead atoms. The van der Waals surface area contributed by atoms with Crippen molar-refractivity contribution in [1.82, 2.24) is 4.72 Å². The summed E-state index contributed by atoms with van der Waals surface area (Å²) in [5.74, 6) is -1.43. The van der Waals surface area contributed by atoms with Crippen LogP contribution in [0, 0.1) is 5.82 Å². The van der Waals surface area contributed by atoms with Gasteiger partial charge in [-0.15, -0.1) is 0 Å². The van der Waals surface area contributed by atoms with Gasteiger partial charge in [0.05, 0.1) is 26.9 Å². The van der Waals surface area contributed by atoms with Gasteiger partial charge in [0, 0.05) is 6.54 Å². The van der Waals surface area contributed by atoms with E-state index in [0.29, 0.717) is 22.8 Å². The van der Waals surface area contributed by atoms with Gasteiger partial charge in [-0.25, -0.2) is 22.3 Å². The summed E-state index contributed by atoms with van der Waals surface area (Å²) < 4.78 is 56.5. The zero-order chi connectivity index (χ0) is 20.2. The maximum absolute atomic E-state index is 13.9. The molecule has 0 saturated heterocycles. The summed E-state index contributed by atoms with van der Waals surface area (Å²) in [6.45, 7) is -0.213. The van der Waals surface area contributed by atoms with Gasteiger partial charge in [0.1, 0.15) is 10.7 Å². The topological polar surface area (TPSA) is 111 Å². The number of rotatable bonds is 8. The van der Waals surface area contributed by atoms with Crippen molar-refractivity contribution in [2.75, 3.05) is 21.3 Å². The van der Waals surface area contributed by atoms with E-state index < -0.39 is 26.7 Å². The summed E-state index contributed by atoms with van der Waals surface area (Å²) in [5.41, 5.74) is 0.118. The van der Waals surface area contributed by atoms with Crippen molar-refractivity contribution in [3.05, 3.63) is 47.3 Å². The molecule has 0 aliphatic heterocycles. The quantitative estimate of drug-likeness (QED) is 0.699. The largest absolute Gasteiger partial charge is 0.493 e. The first-order valence-corrected chi connectivity index (χ1v) is 9.03. The van der Waals surface area contributed by atoms with Crippen molar-refractivity contribution in [1.29, 1.82) is 0 Å². The number of ether oxygens (including phenoxy) is 3. The molecule has 0 aliphatic carbocycles. The molecule has 0 aromatic heterocycles. The summed E-state index contributed by atoms with van der Waals surface area (Å²) in [7, 11) is -0.0403. The number of sulfonamides is 1. The molecule has 0 amide bonds. The highest BCUT2D eigenvalue weighted by atomic mass is 32.2. The van der Waals surface area contributed by atoms with Crippen LogP contribution in [0.3, 0.4) is 0 Å². The molecule has 2 rings (SSSR count). The summed E-state index contributed by atoms with van der Waals surface area (Å²) in [6, 6.07) is 5.60. The van der Waals surface area contributed by atoms with Crippen molar-refractivity contribution in [3.63, 3.8) is 0 Å². The Labute approximate surface area is 155 Å². The number of carboxylic acid groups (broad SMARTS) is 1. The minimum Gasteiger partial charge on any atom is -0.493 e. The number of benzene rings is 2. The standard InChI is InChI=1S/C17H18FNO7S/c1-24-13-6-10(7-14(25-2)16(13)26-3)9-19-27(22,23)15-8-11(17(20)21)4-5-12(15)18/h4-8,19H,9H2,1-3H3,(H,20,21). The SMILES string of the molecule is COc1cc(CNS(=O)(=O)c2cc(C(=O)O)ccc2F)cc(OC)c1OC. The summed E-state index contributed by atoms with van der Waals surface area (Å²) in [5, 5.41) is 8.96. The number of methoxy groups -OCH3 is 3. The van der Waals surface area contributed by atoms with E-state index in [4.69, 9.17) is 19.3 Å². The Morgan fingerprint density at radius 2 is 1.67 bits per heavy atom. The smallest absolute Gasteiger partial charge is 0.335 e. The second-order valence-electron chi connectivity index (χ2n) is 5.31. The van der Waals surface area contributed by atoms with E-state index in [1.807, 2.05) is 0 Å². The number of aromatic carboxylic acids is 1. The molecular weight excluding hydrogens is 381 g/mol. The number of carbonyl (C=O) groups is 1. The van der Waals surface area contributed by atoms with E-state index in [-0.39, 0.29) is 12.1 Å². The molecule has 27 heavy (non-hydrogen) atoms. The van der Waals surface area contributed by atoms with Crippen molar-refractivity contribution in [2.45, 2.75) is 11.4 Å². The van der Waals surface area contributed by atoms with E-state index in [1.165, 1.54) is 33.5 Å². The molecule has 10 heteroatoms. The predicted octanol–water partition coefficient (Wildman–Crippen LogP) is 2.03. The normalized spacial score (nSPS) is 11.1. The van der Waals surface area contributed by atoms with Crippen molar-refractivity contribution < 1.29 is 36.9 Å². The summed E-state index contributed by atoms with van der Waals surface area (Å²) in [4.78, 5) is 10.2. The first-order valence-electron chi connectivity index (χ1n) is 7.55. The molecule has 8 nitrogen and oxygen atoms in total. The van der Waals surface area contributed by atoms with Crippen LogP contribution >= 0.6 is 0 Å². The number of nitrogens with one attached hydrogen (secondary N) is 1. The Balaban J connectivity index is 2.33. The number of carboxylic acids is 1. The highest BCUT2D eigenvalue weighted by Gasteiger charge is 2.22. The van der Waals surface area contributed by atoms with Crippen LogP contribution in [0.4, 0.5) is 4.39 Å². The molecule has 0 heterocycles. The van der Waals surface area contributed by atoms with Gasteiger partial charge in [-0.1, -0.05) is 0 Å².